The van der Waals surface area contributed by atoms with Gasteiger partial charge < -0.3 is 10.2 Å². The Bertz CT molecular complexity index is 851. The number of aromatic nitrogens is 3. The minimum atomic E-state index is -0.187. The molecule has 3 rings (SSSR count). The predicted molar refractivity (Wildman–Crippen MR) is 99.7 cm³/mol. The van der Waals surface area contributed by atoms with Crippen molar-refractivity contribution in [3.05, 3.63) is 44.9 Å². The van der Waals surface area contributed by atoms with Crippen LogP contribution in [0.2, 0.25) is 0 Å². The van der Waals surface area contributed by atoms with Crippen LogP contribution in [-0.4, -0.2) is 33.8 Å². The molecule has 0 radical (unpaired) electrons. The molecule has 2 aromatic heterocycles. The molecule has 25 heavy (non-hydrogen) atoms. The molecule has 1 unspecified atom stereocenters. The zero-order valence-electron chi connectivity index (χ0n) is 14.2. The third-order valence-electron chi connectivity index (χ3n) is 4.33. The highest BCUT2D eigenvalue weighted by Gasteiger charge is 2.28. The van der Waals surface area contributed by atoms with Gasteiger partial charge in [0.2, 0.25) is 5.91 Å². The molecule has 0 aliphatic carbocycles. The summed E-state index contributed by atoms with van der Waals surface area (Å²) in [4.78, 5) is 31.0. The molecule has 132 valence electrons. The van der Waals surface area contributed by atoms with E-state index in [1.165, 1.54) is 4.68 Å². The number of hydrogen-bond acceptors (Lipinski definition) is 5. The van der Waals surface area contributed by atoms with Crippen LogP contribution < -0.4 is 15.8 Å². The first-order valence-electron chi connectivity index (χ1n) is 8.17. The second-order valence-corrected chi connectivity index (χ2v) is 7.00. The summed E-state index contributed by atoms with van der Waals surface area (Å²) in [6.45, 7) is 3.23. The lowest BCUT2D eigenvalue weighted by Crippen LogP contribution is -2.41. The number of nitrogens with one attached hydrogen (secondary N) is 1. The number of halogens is 1. The number of pyridine rings is 1. The SMILES string of the molecule is Cc1cccc(NC(=O)C2CCCN(c3cnn(C)c(=O)c3Br)C2)n1. The van der Waals surface area contributed by atoms with E-state index in [4.69, 9.17) is 0 Å². The Morgan fingerprint density at radius 1 is 1.40 bits per heavy atom. The van der Waals surface area contributed by atoms with Gasteiger partial charge in [-0.1, -0.05) is 6.07 Å². The van der Waals surface area contributed by atoms with Gasteiger partial charge in [0.05, 0.1) is 17.8 Å². The highest BCUT2D eigenvalue weighted by molar-refractivity contribution is 9.10. The van der Waals surface area contributed by atoms with Crippen molar-refractivity contribution in [3.8, 4) is 0 Å². The van der Waals surface area contributed by atoms with E-state index >= 15 is 0 Å². The van der Waals surface area contributed by atoms with Crippen LogP contribution in [0.15, 0.2) is 33.7 Å². The van der Waals surface area contributed by atoms with Gasteiger partial charge in [0.1, 0.15) is 10.3 Å². The molecule has 3 heterocycles. The third-order valence-corrected chi connectivity index (χ3v) is 5.08. The standard InChI is InChI=1S/C17H20BrN5O2/c1-11-5-3-7-14(20-11)21-16(24)12-6-4-8-23(10-12)13-9-19-22(2)17(25)15(13)18/h3,5,7,9,12H,4,6,8,10H2,1-2H3,(H,20,21,24). The number of amides is 1. The Balaban J connectivity index is 1.74. The number of rotatable bonds is 3. The van der Waals surface area contributed by atoms with E-state index in [2.05, 4.69) is 31.3 Å². The molecular weight excluding hydrogens is 386 g/mol. The molecule has 0 saturated carbocycles. The molecule has 7 nitrogen and oxygen atoms in total. The van der Waals surface area contributed by atoms with E-state index in [1.54, 1.807) is 19.3 Å². The number of aryl methyl sites for hydroxylation is 2. The molecule has 8 heteroatoms. The fourth-order valence-corrected chi connectivity index (χ4v) is 3.58. The maximum absolute atomic E-state index is 12.6. The van der Waals surface area contributed by atoms with E-state index < -0.39 is 0 Å². The molecule has 1 aliphatic heterocycles. The fourth-order valence-electron chi connectivity index (χ4n) is 2.97. The van der Waals surface area contributed by atoms with Crippen molar-refractivity contribution in [2.24, 2.45) is 13.0 Å². The zero-order valence-corrected chi connectivity index (χ0v) is 15.8. The number of carbonyl (C=O) groups is 1. The van der Waals surface area contributed by atoms with Crippen LogP contribution in [0.4, 0.5) is 11.5 Å². The summed E-state index contributed by atoms with van der Waals surface area (Å²) in [5.74, 6) is 0.362. The molecule has 1 atom stereocenters. The lowest BCUT2D eigenvalue weighted by molar-refractivity contribution is -0.120. The number of piperidine rings is 1. The lowest BCUT2D eigenvalue weighted by Gasteiger charge is -2.33. The van der Waals surface area contributed by atoms with Gasteiger partial charge in [0.25, 0.3) is 5.56 Å². The van der Waals surface area contributed by atoms with Crippen LogP contribution in [0, 0.1) is 12.8 Å². The number of carbonyl (C=O) groups excluding carboxylic acids is 1. The Labute approximate surface area is 154 Å². The summed E-state index contributed by atoms with van der Waals surface area (Å²) in [5.41, 5.74) is 1.40. The minimum absolute atomic E-state index is 0.0456. The van der Waals surface area contributed by atoms with Crippen LogP contribution in [0.1, 0.15) is 18.5 Å². The zero-order chi connectivity index (χ0) is 18.0. The number of nitrogens with zero attached hydrogens (tertiary/aromatic N) is 4. The van der Waals surface area contributed by atoms with Crippen LogP contribution in [-0.2, 0) is 11.8 Å². The molecule has 1 N–H and O–H groups in total. The van der Waals surface area contributed by atoms with Crippen molar-refractivity contribution in [1.82, 2.24) is 14.8 Å². The average molecular weight is 406 g/mol. The fraction of sp³-hybridized carbons (Fsp3) is 0.412. The average Bonchev–Trinajstić information content (AvgIpc) is 2.60. The molecule has 1 aliphatic rings. The summed E-state index contributed by atoms with van der Waals surface area (Å²) in [7, 11) is 1.61. The first-order valence-corrected chi connectivity index (χ1v) is 8.96. The molecule has 2 aromatic rings. The topological polar surface area (TPSA) is 80.1 Å². The monoisotopic (exact) mass is 405 g/mol. The van der Waals surface area contributed by atoms with Crippen molar-refractivity contribution < 1.29 is 4.79 Å². The van der Waals surface area contributed by atoms with Gasteiger partial charge in [-0.3, -0.25) is 9.59 Å². The van der Waals surface area contributed by atoms with Gasteiger partial charge in [-0.25, -0.2) is 9.67 Å². The van der Waals surface area contributed by atoms with Crippen LogP contribution in [0.5, 0.6) is 0 Å². The Kier molecular flexibility index (Phi) is 5.17. The second-order valence-electron chi connectivity index (χ2n) is 6.21. The third kappa shape index (κ3) is 3.89. The second kappa shape index (κ2) is 7.35. The molecule has 0 bridgehead atoms. The molecule has 1 fully saturated rings. The van der Waals surface area contributed by atoms with E-state index in [1.807, 2.05) is 24.0 Å². The minimum Gasteiger partial charge on any atom is -0.368 e. The van der Waals surface area contributed by atoms with Gasteiger partial charge >= 0.3 is 0 Å². The highest BCUT2D eigenvalue weighted by atomic mass is 79.9. The first kappa shape index (κ1) is 17.6. The predicted octanol–water partition coefficient (Wildman–Crippen LogP) is 2.10. The molecule has 0 spiro atoms. The highest BCUT2D eigenvalue weighted by Crippen LogP contribution is 2.27. The Morgan fingerprint density at radius 3 is 2.96 bits per heavy atom. The normalized spacial score (nSPS) is 17.4. The largest absolute Gasteiger partial charge is 0.368 e. The summed E-state index contributed by atoms with van der Waals surface area (Å²) in [6, 6.07) is 5.54. The van der Waals surface area contributed by atoms with Gasteiger partial charge in [-0.05, 0) is 47.8 Å². The quantitative estimate of drug-likeness (QED) is 0.845. The summed E-state index contributed by atoms with van der Waals surface area (Å²) >= 11 is 3.36. The summed E-state index contributed by atoms with van der Waals surface area (Å²) in [6.07, 6.45) is 3.35. The van der Waals surface area contributed by atoms with E-state index in [0.29, 0.717) is 16.8 Å². The lowest BCUT2D eigenvalue weighted by atomic mass is 9.97. The van der Waals surface area contributed by atoms with Crippen molar-refractivity contribution in [3.63, 3.8) is 0 Å². The van der Waals surface area contributed by atoms with Crippen molar-refractivity contribution in [2.75, 3.05) is 23.3 Å². The smallest absolute Gasteiger partial charge is 0.282 e. The van der Waals surface area contributed by atoms with Crippen molar-refractivity contribution in [2.45, 2.75) is 19.8 Å². The van der Waals surface area contributed by atoms with Gasteiger partial charge in [0.15, 0.2) is 0 Å². The van der Waals surface area contributed by atoms with Gasteiger partial charge in [-0.15, -0.1) is 0 Å². The Hall–Kier alpha value is -2.22. The molecule has 0 aromatic carbocycles. The van der Waals surface area contributed by atoms with E-state index in [0.717, 1.165) is 30.8 Å². The number of anilines is 2. The summed E-state index contributed by atoms with van der Waals surface area (Å²) in [5, 5.41) is 6.97. The van der Waals surface area contributed by atoms with Crippen LogP contribution >= 0.6 is 15.9 Å². The molecule has 1 saturated heterocycles. The first-order chi connectivity index (χ1) is 12.0. The van der Waals surface area contributed by atoms with Crippen molar-refractivity contribution in [1.29, 1.82) is 0 Å². The van der Waals surface area contributed by atoms with Gasteiger partial charge in [0, 0.05) is 25.8 Å². The molecular formula is C17H20BrN5O2. The Morgan fingerprint density at radius 2 is 2.20 bits per heavy atom. The maximum atomic E-state index is 12.6. The van der Waals surface area contributed by atoms with Crippen molar-refractivity contribution >= 4 is 33.3 Å². The molecule has 1 amide bonds. The summed E-state index contributed by atoms with van der Waals surface area (Å²) < 4.78 is 1.76. The van der Waals surface area contributed by atoms with Crippen LogP contribution in [0.25, 0.3) is 0 Å². The van der Waals surface area contributed by atoms with E-state index in [-0.39, 0.29) is 17.4 Å². The number of hydrogen-bond donors (Lipinski definition) is 1. The van der Waals surface area contributed by atoms with Crippen LogP contribution in [0.3, 0.4) is 0 Å². The maximum Gasteiger partial charge on any atom is 0.282 e. The van der Waals surface area contributed by atoms with E-state index in [9.17, 15) is 9.59 Å². The van der Waals surface area contributed by atoms with Gasteiger partial charge in [-0.2, -0.15) is 5.10 Å².